The molecule has 1 saturated carbocycles. The number of amides is 1. The van der Waals surface area contributed by atoms with E-state index >= 15 is 0 Å². The number of para-hydroxylation sites is 1. The van der Waals surface area contributed by atoms with Crippen molar-refractivity contribution in [1.82, 2.24) is 0 Å². The van der Waals surface area contributed by atoms with Gasteiger partial charge < -0.3 is 19.5 Å². The molecule has 5 nitrogen and oxygen atoms in total. The van der Waals surface area contributed by atoms with Crippen molar-refractivity contribution in [3.05, 3.63) is 48.0 Å². The summed E-state index contributed by atoms with van der Waals surface area (Å²) < 4.78 is 16.5. The van der Waals surface area contributed by atoms with Crippen LogP contribution in [0.25, 0.3) is 0 Å². The Kier molecular flexibility index (Phi) is 3.54. The van der Waals surface area contributed by atoms with Gasteiger partial charge in [0.05, 0.1) is 11.7 Å². The first-order valence-corrected chi connectivity index (χ1v) is 7.76. The fourth-order valence-electron chi connectivity index (χ4n) is 2.60. The Balaban J connectivity index is 1.52. The monoisotopic (exact) mass is 311 g/mol. The average molecular weight is 311 g/mol. The SMILES string of the molecule is O=C(Nc1ccc2c(c1)OCO2)c1ccccc1OC1CCC1. The third kappa shape index (κ3) is 2.82. The average Bonchev–Trinajstić information content (AvgIpc) is 2.99. The van der Waals surface area contributed by atoms with E-state index in [2.05, 4.69) is 5.32 Å². The molecule has 2 aromatic carbocycles. The number of hydrogen-bond acceptors (Lipinski definition) is 4. The standard InChI is InChI=1S/C18H17NO4/c20-18(19-12-8-9-16-17(10-12)22-11-21-16)14-6-1-2-7-15(14)23-13-4-3-5-13/h1-2,6-10,13H,3-5,11H2,(H,19,20). The van der Waals surface area contributed by atoms with Crippen LogP contribution < -0.4 is 19.5 Å². The summed E-state index contributed by atoms with van der Waals surface area (Å²) in [5.74, 6) is 1.77. The lowest BCUT2D eigenvalue weighted by Crippen LogP contribution is -2.26. The van der Waals surface area contributed by atoms with E-state index in [1.807, 2.05) is 18.2 Å². The molecule has 1 aliphatic carbocycles. The number of rotatable bonds is 4. The molecular weight excluding hydrogens is 294 g/mol. The fourth-order valence-corrected chi connectivity index (χ4v) is 2.60. The van der Waals surface area contributed by atoms with Crippen LogP contribution >= 0.6 is 0 Å². The number of fused-ring (bicyclic) bond motifs is 1. The highest BCUT2D eigenvalue weighted by atomic mass is 16.7. The lowest BCUT2D eigenvalue weighted by molar-refractivity contribution is 0.0992. The summed E-state index contributed by atoms with van der Waals surface area (Å²) in [4.78, 5) is 12.6. The second-order valence-corrected chi connectivity index (χ2v) is 5.69. The van der Waals surface area contributed by atoms with Gasteiger partial charge in [0.25, 0.3) is 5.91 Å². The summed E-state index contributed by atoms with van der Waals surface area (Å²) in [6, 6.07) is 12.7. The van der Waals surface area contributed by atoms with Gasteiger partial charge in [-0.25, -0.2) is 0 Å². The Morgan fingerprint density at radius 3 is 2.74 bits per heavy atom. The van der Waals surface area contributed by atoms with Gasteiger partial charge in [0.15, 0.2) is 11.5 Å². The largest absolute Gasteiger partial charge is 0.490 e. The number of ether oxygens (including phenoxy) is 3. The van der Waals surface area contributed by atoms with Gasteiger partial charge >= 0.3 is 0 Å². The summed E-state index contributed by atoms with van der Waals surface area (Å²) in [5.41, 5.74) is 1.20. The van der Waals surface area contributed by atoms with Crippen LogP contribution in [0.15, 0.2) is 42.5 Å². The topological polar surface area (TPSA) is 56.8 Å². The van der Waals surface area contributed by atoms with Crippen LogP contribution in [0.3, 0.4) is 0 Å². The molecule has 0 unspecified atom stereocenters. The molecule has 0 radical (unpaired) electrons. The minimum Gasteiger partial charge on any atom is -0.490 e. The maximum absolute atomic E-state index is 12.6. The molecule has 4 rings (SSSR count). The van der Waals surface area contributed by atoms with Gasteiger partial charge in [-0.1, -0.05) is 12.1 Å². The first-order valence-electron chi connectivity index (χ1n) is 7.76. The second-order valence-electron chi connectivity index (χ2n) is 5.69. The van der Waals surface area contributed by atoms with Gasteiger partial charge in [0.1, 0.15) is 5.75 Å². The molecule has 0 aromatic heterocycles. The molecule has 1 aliphatic heterocycles. The van der Waals surface area contributed by atoms with Crippen LogP contribution in [0, 0.1) is 0 Å². The van der Waals surface area contributed by atoms with E-state index < -0.39 is 0 Å². The highest BCUT2D eigenvalue weighted by Gasteiger charge is 2.22. The van der Waals surface area contributed by atoms with Crippen molar-refractivity contribution in [3.63, 3.8) is 0 Å². The highest BCUT2D eigenvalue weighted by molar-refractivity contribution is 6.06. The quantitative estimate of drug-likeness (QED) is 0.937. The fraction of sp³-hybridized carbons (Fsp3) is 0.278. The number of hydrogen-bond donors (Lipinski definition) is 1. The predicted molar refractivity (Wildman–Crippen MR) is 85.2 cm³/mol. The van der Waals surface area contributed by atoms with Gasteiger partial charge in [-0.3, -0.25) is 4.79 Å². The molecule has 1 N–H and O–H groups in total. The van der Waals surface area contributed by atoms with Crippen LogP contribution in [0.1, 0.15) is 29.6 Å². The molecule has 1 amide bonds. The van der Waals surface area contributed by atoms with Crippen molar-refractivity contribution >= 4 is 11.6 Å². The maximum atomic E-state index is 12.6. The van der Waals surface area contributed by atoms with Crippen molar-refractivity contribution in [2.75, 3.05) is 12.1 Å². The van der Waals surface area contributed by atoms with Crippen molar-refractivity contribution in [2.45, 2.75) is 25.4 Å². The lowest BCUT2D eigenvalue weighted by atomic mass is 9.96. The zero-order valence-electron chi connectivity index (χ0n) is 12.6. The zero-order chi connectivity index (χ0) is 15.6. The molecule has 0 atom stereocenters. The number of nitrogens with one attached hydrogen (secondary N) is 1. The Morgan fingerprint density at radius 1 is 1.09 bits per heavy atom. The smallest absolute Gasteiger partial charge is 0.259 e. The van der Waals surface area contributed by atoms with Crippen LogP contribution in [0.5, 0.6) is 17.2 Å². The van der Waals surface area contributed by atoms with Gasteiger partial charge in [0, 0.05) is 11.8 Å². The third-order valence-corrected chi connectivity index (χ3v) is 4.11. The first kappa shape index (κ1) is 13.9. The zero-order valence-corrected chi connectivity index (χ0v) is 12.6. The molecule has 2 aliphatic rings. The van der Waals surface area contributed by atoms with Crippen LogP contribution in [0.4, 0.5) is 5.69 Å². The summed E-state index contributed by atoms with van der Waals surface area (Å²) in [6.07, 6.45) is 3.53. The second kappa shape index (κ2) is 5.83. The van der Waals surface area contributed by atoms with Crippen molar-refractivity contribution in [3.8, 4) is 17.2 Å². The van der Waals surface area contributed by atoms with Crippen molar-refractivity contribution in [2.24, 2.45) is 0 Å². The van der Waals surface area contributed by atoms with Gasteiger partial charge in [-0.05, 0) is 43.5 Å². The van der Waals surface area contributed by atoms with Crippen LogP contribution in [-0.4, -0.2) is 18.8 Å². The Morgan fingerprint density at radius 2 is 1.91 bits per heavy atom. The van der Waals surface area contributed by atoms with E-state index in [0.29, 0.717) is 28.5 Å². The van der Waals surface area contributed by atoms with Gasteiger partial charge in [-0.15, -0.1) is 0 Å². The van der Waals surface area contributed by atoms with Crippen molar-refractivity contribution in [1.29, 1.82) is 0 Å². The molecule has 5 heteroatoms. The first-order chi connectivity index (χ1) is 11.3. The van der Waals surface area contributed by atoms with Crippen LogP contribution in [-0.2, 0) is 0 Å². The van der Waals surface area contributed by atoms with Crippen molar-refractivity contribution < 1.29 is 19.0 Å². The number of carbonyl (C=O) groups excluding carboxylic acids is 1. The Bertz CT molecular complexity index is 740. The minimum absolute atomic E-state index is 0.196. The number of carbonyl (C=O) groups is 1. The van der Waals surface area contributed by atoms with Gasteiger partial charge in [-0.2, -0.15) is 0 Å². The molecule has 1 fully saturated rings. The van der Waals surface area contributed by atoms with E-state index in [4.69, 9.17) is 14.2 Å². The van der Waals surface area contributed by atoms with E-state index in [0.717, 1.165) is 12.8 Å². The molecule has 1 heterocycles. The van der Waals surface area contributed by atoms with E-state index in [1.54, 1.807) is 24.3 Å². The molecule has 0 saturated heterocycles. The predicted octanol–water partition coefficient (Wildman–Crippen LogP) is 3.60. The van der Waals surface area contributed by atoms with Crippen LogP contribution in [0.2, 0.25) is 0 Å². The Hall–Kier alpha value is -2.69. The van der Waals surface area contributed by atoms with E-state index in [1.165, 1.54) is 6.42 Å². The molecule has 0 bridgehead atoms. The Labute approximate surface area is 134 Å². The summed E-state index contributed by atoms with van der Waals surface area (Å²) >= 11 is 0. The summed E-state index contributed by atoms with van der Waals surface area (Å²) in [6.45, 7) is 0.213. The normalized spacial score (nSPS) is 15.8. The molecular formula is C18H17NO4. The molecule has 2 aromatic rings. The van der Waals surface area contributed by atoms with Gasteiger partial charge in [0.2, 0.25) is 6.79 Å². The number of benzene rings is 2. The summed E-state index contributed by atoms with van der Waals surface area (Å²) in [7, 11) is 0. The maximum Gasteiger partial charge on any atom is 0.259 e. The lowest BCUT2D eigenvalue weighted by Gasteiger charge is -2.27. The van der Waals surface area contributed by atoms with E-state index in [9.17, 15) is 4.79 Å². The van der Waals surface area contributed by atoms with E-state index in [-0.39, 0.29) is 18.8 Å². The third-order valence-electron chi connectivity index (χ3n) is 4.11. The number of anilines is 1. The molecule has 118 valence electrons. The minimum atomic E-state index is -0.196. The highest BCUT2D eigenvalue weighted by Crippen LogP contribution is 2.34. The molecule has 0 spiro atoms. The summed E-state index contributed by atoms with van der Waals surface area (Å²) in [5, 5.41) is 2.88. The molecule has 23 heavy (non-hydrogen) atoms.